The lowest BCUT2D eigenvalue weighted by Gasteiger charge is -2.34. The van der Waals surface area contributed by atoms with Crippen LogP contribution < -0.4 is 5.46 Å². The summed E-state index contributed by atoms with van der Waals surface area (Å²) in [7, 11) is -1.37. The van der Waals surface area contributed by atoms with E-state index in [1.54, 1.807) is 6.07 Å². The van der Waals surface area contributed by atoms with E-state index < -0.39 is 7.12 Å². The van der Waals surface area contributed by atoms with Crippen LogP contribution in [-0.2, 0) is 6.54 Å². The molecule has 0 aromatic heterocycles. The molecule has 1 saturated heterocycles. The van der Waals surface area contributed by atoms with Crippen molar-refractivity contribution < 1.29 is 10.0 Å². The van der Waals surface area contributed by atoms with Crippen molar-refractivity contribution in [3.63, 3.8) is 0 Å². The molecule has 0 radical (unpaired) electrons. The summed E-state index contributed by atoms with van der Waals surface area (Å²) in [6.07, 6.45) is 2.77. The van der Waals surface area contributed by atoms with E-state index in [0.29, 0.717) is 5.46 Å². The zero-order chi connectivity index (χ0) is 13.2. The van der Waals surface area contributed by atoms with Crippen LogP contribution in [0.4, 0.5) is 0 Å². The maximum Gasteiger partial charge on any atom is 0.488 e. The van der Waals surface area contributed by atoms with Gasteiger partial charge in [0.25, 0.3) is 0 Å². The third kappa shape index (κ3) is 3.36. The van der Waals surface area contributed by atoms with Crippen LogP contribution >= 0.6 is 0 Å². The van der Waals surface area contributed by atoms with Gasteiger partial charge in [0.05, 0.1) is 0 Å². The first-order valence-electron chi connectivity index (χ1n) is 7.14. The smallest absolute Gasteiger partial charge is 0.423 e. The number of benzene rings is 1. The molecule has 1 aromatic carbocycles. The van der Waals surface area contributed by atoms with Crippen molar-refractivity contribution in [2.75, 3.05) is 26.2 Å². The maximum atomic E-state index is 9.19. The Kier molecular flexibility index (Phi) is 3.89. The number of piperazine rings is 1. The molecule has 5 heteroatoms. The molecule has 2 fully saturated rings. The zero-order valence-corrected chi connectivity index (χ0v) is 11.2. The molecule has 4 nitrogen and oxygen atoms in total. The first kappa shape index (κ1) is 13.1. The van der Waals surface area contributed by atoms with Crippen molar-refractivity contribution in [1.29, 1.82) is 0 Å². The van der Waals surface area contributed by atoms with Crippen molar-refractivity contribution in [3.8, 4) is 0 Å². The Morgan fingerprint density at radius 2 is 1.84 bits per heavy atom. The minimum Gasteiger partial charge on any atom is -0.423 e. The molecule has 0 unspecified atom stereocenters. The standard InChI is InChI=1S/C14H21BN2O2/c18-15(19)13-3-1-2-12(10-13)11-16-6-8-17(9-7-16)14-4-5-14/h1-3,10,14,18-19H,4-9,11H2. The van der Waals surface area contributed by atoms with E-state index in [1.807, 2.05) is 12.1 Å². The average molecular weight is 260 g/mol. The molecular weight excluding hydrogens is 239 g/mol. The van der Waals surface area contributed by atoms with Gasteiger partial charge in [-0.15, -0.1) is 0 Å². The van der Waals surface area contributed by atoms with E-state index in [2.05, 4.69) is 15.9 Å². The molecule has 1 heterocycles. The van der Waals surface area contributed by atoms with E-state index in [-0.39, 0.29) is 0 Å². The van der Waals surface area contributed by atoms with E-state index in [1.165, 1.54) is 25.9 Å². The fourth-order valence-electron chi connectivity index (χ4n) is 2.84. The summed E-state index contributed by atoms with van der Waals surface area (Å²) in [5.41, 5.74) is 1.74. The van der Waals surface area contributed by atoms with Crippen molar-refractivity contribution in [1.82, 2.24) is 9.80 Å². The second-order valence-corrected chi connectivity index (χ2v) is 5.66. The van der Waals surface area contributed by atoms with E-state index in [4.69, 9.17) is 0 Å². The molecule has 1 aromatic rings. The zero-order valence-electron chi connectivity index (χ0n) is 11.2. The third-order valence-electron chi connectivity index (χ3n) is 4.13. The van der Waals surface area contributed by atoms with Gasteiger partial charge < -0.3 is 10.0 Å². The Bertz CT molecular complexity index is 429. The molecule has 0 amide bonds. The van der Waals surface area contributed by atoms with Gasteiger partial charge in [0.1, 0.15) is 0 Å². The Labute approximate surface area is 114 Å². The number of nitrogens with zero attached hydrogens (tertiary/aromatic N) is 2. The van der Waals surface area contributed by atoms with E-state index in [9.17, 15) is 10.0 Å². The van der Waals surface area contributed by atoms with Gasteiger partial charge in [-0.25, -0.2) is 0 Å². The van der Waals surface area contributed by atoms with Crippen LogP contribution in [0.15, 0.2) is 24.3 Å². The molecule has 19 heavy (non-hydrogen) atoms. The van der Waals surface area contributed by atoms with Crippen molar-refractivity contribution >= 4 is 12.6 Å². The van der Waals surface area contributed by atoms with Gasteiger partial charge in [-0.05, 0) is 23.9 Å². The molecule has 1 aliphatic carbocycles. The highest BCUT2D eigenvalue weighted by Gasteiger charge is 2.31. The highest BCUT2D eigenvalue weighted by Crippen LogP contribution is 2.27. The SMILES string of the molecule is OB(O)c1cccc(CN2CCN(C3CC3)CC2)c1. The van der Waals surface area contributed by atoms with Crippen molar-refractivity contribution in [3.05, 3.63) is 29.8 Å². The van der Waals surface area contributed by atoms with Gasteiger partial charge in [-0.2, -0.15) is 0 Å². The molecule has 102 valence electrons. The lowest BCUT2D eigenvalue weighted by Crippen LogP contribution is -2.46. The highest BCUT2D eigenvalue weighted by atomic mass is 16.4. The summed E-state index contributed by atoms with van der Waals surface area (Å²) in [5, 5.41) is 18.4. The Morgan fingerprint density at radius 3 is 2.47 bits per heavy atom. The Morgan fingerprint density at radius 1 is 1.11 bits per heavy atom. The van der Waals surface area contributed by atoms with Crippen LogP contribution in [0, 0.1) is 0 Å². The lowest BCUT2D eigenvalue weighted by molar-refractivity contribution is 0.121. The van der Waals surface area contributed by atoms with Gasteiger partial charge in [0.2, 0.25) is 0 Å². The van der Waals surface area contributed by atoms with Crippen LogP contribution in [0.3, 0.4) is 0 Å². The van der Waals surface area contributed by atoms with Gasteiger partial charge in [-0.3, -0.25) is 9.80 Å². The van der Waals surface area contributed by atoms with Crippen LogP contribution in [0.25, 0.3) is 0 Å². The lowest BCUT2D eigenvalue weighted by atomic mass is 9.79. The second-order valence-electron chi connectivity index (χ2n) is 5.66. The number of hydrogen-bond acceptors (Lipinski definition) is 4. The van der Waals surface area contributed by atoms with Crippen molar-refractivity contribution in [2.45, 2.75) is 25.4 Å². The van der Waals surface area contributed by atoms with Crippen LogP contribution in [0.1, 0.15) is 18.4 Å². The molecule has 1 saturated carbocycles. The van der Waals surface area contributed by atoms with E-state index >= 15 is 0 Å². The van der Waals surface area contributed by atoms with Crippen LogP contribution in [-0.4, -0.2) is 59.2 Å². The summed E-state index contributed by atoms with van der Waals surface area (Å²) in [5.74, 6) is 0. The van der Waals surface area contributed by atoms with Gasteiger partial charge >= 0.3 is 7.12 Å². The first-order valence-corrected chi connectivity index (χ1v) is 7.14. The summed E-state index contributed by atoms with van der Waals surface area (Å²) in [6.45, 7) is 5.48. The fourth-order valence-corrected chi connectivity index (χ4v) is 2.84. The molecule has 0 atom stereocenters. The summed E-state index contributed by atoms with van der Waals surface area (Å²) >= 11 is 0. The van der Waals surface area contributed by atoms with Crippen LogP contribution in [0.5, 0.6) is 0 Å². The predicted octanol–water partition coefficient (Wildman–Crippen LogP) is -0.354. The quantitative estimate of drug-likeness (QED) is 0.726. The summed E-state index contributed by atoms with van der Waals surface area (Å²) in [6, 6.07) is 8.45. The normalized spacial score (nSPS) is 21.6. The molecule has 0 spiro atoms. The molecule has 1 aliphatic heterocycles. The van der Waals surface area contributed by atoms with Crippen molar-refractivity contribution in [2.24, 2.45) is 0 Å². The number of hydrogen-bond donors (Lipinski definition) is 2. The van der Waals surface area contributed by atoms with Gasteiger partial charge in [0, 0.05) is 38.8 Å². The third-order valence-corrected chi connectivity index (χ3v) is 4.13. The molecule has 3 rings (SSSR count). The maximum absolute atomic E-state index is 9.19. The molecule has 0 bridgehead atoms. The minimum atomic E-state index is -1.37. The average Bonchev–Trinajstić information content (AvgIpc) is 3.24. The van der Waals surface area contributed by atoms with E-state index in [0.717, 1.165) is 31.2 Å². The van der Waals surface area contributed by atoms with Crippen LogP contribution in [0.2, 0.25) is 0 Å². The Balaban J connectivity index is 1.55. The van der Waals surface area contributed by atoms with Gasteiger partial charge in [-0.1, -0.05) is 24.3 Å². The largest absolute Gasteiger partial charge is 0.488 e. The fraction of sp³-hybridized carbons (Fsp3) is 0.571. The predicted molar refractivity (Wildman–Crippen MR) is 76.1 cm³/mol. The first-order chi connectivity index (χ1) is 9.22. The number of rotatable bonds is 4. The molecule has 2 aliphatic rings. The minimum absolute atomic E-state index is 0.578. The molecular formula is C14H21BN2O2. The van der Waals surface area contributed by atoms with Gasteiger partial charge in [0.15, 0.2) is 0 Å². The highest BCUT2D eigenvalue weighted by molar-refractivity contribution is 6.58. The topological polar surface area (TPSA) is 46.9 Å². The monoisotopic (exact) mass is 260 g/mol. The summed E-state index contributed by atoms with van der Waals surface area (Å²) < 4.78 is 0. The second kappa shape index (κ2) is 5.63. The summed E-state index contributed by atoms with van der Waals surface area (Å²) in [4.78, 5) is 5.05. The Hall–Kier alpha value is -0.875. The molecule has 2 N–H and O–H groups in total.